The van der Waals surface area contributed by atoms with Crippen molar-refractivity contribution in [2.45, 2.75) is 25.9 Å². The molecule has 1 aromatic carbocycles. The summed E-state index contributed by atoms with van der Waals surface area (Å²) >= 11 is 1.44. The van der Waals surface area contributed by atoms with Gasteiger partial charge in [-0.15, -0.1) is 0 Å². The van der Waals surface area contributed by atoms with Gasteiger partial charge in [0.2, 0.25) is 5.76 Å². The topological polar surface area (TPSA) is 77.7 Å². The van der Waals surface area contributed by atoms with E-state index in [0.29, 0.717) is 23.1 Å². The van der Waals surface area contributed by atoms with Gasteiger partial charge < -0.3 is 14.0 Å². The highest BCUT2D eigenvalue weighted by Crippen LogP contribution is 2.35. The number of anilines is 1. The molecule has 1 amide bonds. The Labute approximate surface area is 154 Å². The lowest BCUT2D eigenvalue weighted by molar-refractivity contribution is 0.0887. The van der Waals surface area contributed by atoms with E-state index in [4.69, 9.17) is 14.0 Å². The Hall–Kier alpha value is -2.45. The van der Waals surface area contributed by atoms with E-state index in [9.17, 15) is 4.79 Å². The van der Waals surface area contributed by atoms with E-state index >= 15 is 0 Å². The third-order valence-electron chi connectivity index (χ3n) is 4.32. The van der Waals surface area contributed by atoms with Crippen molar-refractivity contribution in [3.8, 4) is 5.75 Å². The maximum Gasteiger partial charge on any atom is 0.298 e. The number of aryl methyl sites for hydroxylation is 1. The molecule has 8 heteroatoms. The number of amides is 1. The van der Waals surface area contributed by atoms with Crippen molar-refractivity contribution in [2.75, 3.05) is 25.2 Å². The summed E-state index contributed by atoms with van der Waals surface area (Å²) < 4.78 is 17.3. The third-order valence-corrected chi connectivity index (χ3v) is 5.36. The first-order valence-electron chi connectivity index (χ1n) is 8.46. The molecule has 136 valence electrons. The first kappa shape index (κ1) is 17.0. The Bertz CT molecular complexity index is 930. The second-order valence-corrected chi connectivity index (χ2v) is 7.20. The lowest BCUT2D eigenvalue weighted by Gasteiger charge is -2.21. The Morgan fingerprint density at radius 1 is 1.46 bits per heavy atom. The van der Waals surface area contributed by atoms with E-state index in [1.807, 2.05) is 18.2 Å². The fraction of sp³-hybridized carbons (Fsp3) is 0.389. The summed E-state index contributed by atoms with van der Waals surface area (Å²) in [6, 6.07) is 7.37. The van der Waals surface area contributed by atoms with Gasteiger partial charge >= 0.3 is 0 Å². The zero-order valence-corrected chi connectivity index (χ0v) is 15.4. The molecule has 26 heavy (non-hydrogen) atoms. The molecule has 0 aliphatic carbocycles. The van der Waals surface area contributed by atoms with E-state index in [-0.39, 0.29) is 17.8 Å². The smallest absolute Gasteiger partial charge is 0.298 e. The summed E-state index contributed by atoms with van der Waals surface area (Å²) in [5.74, 6) is 0.621. The molecule has 0 bridgehead atoms. The van der Waals surface area contributed by atoms with Crippen molar-refractivity contribution in [3.05, 3.63) is 35.7 Å². The summed E-state index contributed by atoms with van der Waals surface area (Å²) in [7, 11) is 1.61. The van der Waals surface area contributed by atoms with Gasteiger partial charge in [-0.25, -0.2) is 4.98 Å². The van der Waals surface area contributed by atoms with Gasteiger partial charge in [-0.1, -0.05) is 22.6 Å². The van der Waals surface area contributed by atoms with Crippen LogP contribution in [-0.4, -0.2) is 42.4 Å². The van der Waals surface area contributed by atoms with Crippen molar-refractivity contribution in [1.29, 1.82) is 0 Å². The SMILES string of the molecule is COc1cccc2sc(N(C[C@H]3CCCO3)C(=O)c3cc(C)no3)nc12. The van der Waals surface area contributed by atoms with Crippen LogP contribution in [0.1, 0.15) is 29.1 Å². The Morgan fingerprint density at radius 2 is 2.35 bits per heavy atom. The number of thiazole rings is 1. The molecule has 3 heterocycles. The molecule has 2 aromatic heterocycles. The number of rotatable bonds is 5. The number of hydrogen-bond donors (Lipinski definition) is 0. The fourth-order valence-corrected chi connectivity index (χ4v) is 4.02. The molecule has 1 atom stereocenters. The second-order valence-electron chi connectivity index (χ2n) is 6.19. The largest absolute Gasteiger partial charge is 0.494 e. The van der Waals surface area contributed by atoms with E-state index < -0.39 is 0 Å². The van der Waals surface area contributed by atoms with Crippen LogP contribution in [0.2, 0.25) is 0 Å². The zero-order chi connectivity index (χ0) is 18.1. The van der Waals surface area contributed by atoms with Gasteiger partial charge in [-0.05, 0) is 31.9 Å². The predicted molar refractivity (Wildman–Crippen MR) is 98.1 cm³/mol. The minimum absolute atomic E-state index is 0.00289. The molecule has 1 fully saturated rings. The van der Waals surface area contributed by atoms with E-state index in [0.717, 1.165) is 29.7 Å². The standard InChI is InChI=1S/C18H19N3O4S/c1-11-9-14(25-20-11)17(22)21(10-12-5-4-8-24-12)18-19-16-13(23-2)6-3-7-15(16)26-18/h3,6-7,9,12H,4-5,8,10H2,1-2H3/t12-/m1/s1. The maximum absolute atomic E-state index is 13.0. The Morgan fingerprint density at radius 3 is 3.04 bits per heavy atom. The van der Waals surface area contributed by atoms with Crippen LogP contribution >= 0.6 is 11.3 Å². The Kier molecular flexibility index (Phi) is 4.60. The number of fused-ring (bicyclic) bond motifs is 1. The zero-order valence-electron chi connectivity index (χ0n) is 14.6. The third kappa shape index (κ3) is 3.17. The molecule has 0 saturated carbocycles. The molecular formula is C18H19N3O4S. The van der Waals surface area contributed by atoms with Crippen LogP contribution in [0.4, 0.5) is 5.13 Å². The van der Waals surface area contributed by atoms with Gasteiger partial charge in [-0.2, -0.15) is 0 Å². The summed E-state index contributed by atoms with van der Waals surface area (Å²) in [4.78, 5) is 19.3. The quantitative estimate of drug-likeness (QED) is 0.682. The first-order valence-corrected chi connectivity index (χ1v) is 9.27. The number of para-hydroxylation sites is 1. The molecule has 0 unspecified atom stereocenters. The number of carbonyl (C=O) groups is 1. The molecular weight excluding hydrogens is 354 g/mol. The normalized spacial score (nSPS) is 16.9. The van der Waals surface area contributed by atoms with Gasteiger partial charge in [0.1, 0.15) is 11.3 Å². The van der Waals surface area contributed by atoms with Crippen LogP contribution in [0.3, 0.4) is 0 Å². The molecule has 0 N–H and O–H groups in total. The second kappa shape index (κ2) is 7.05. The summed E-state index contributed by atoms with van der Waals surface area (Å²) in [6.07, 6.45) is 1.92. The lowest BCUT2D eigenvalue weighted by atomic mass is 10.2. The summed E-state index contributed by atoms with van der Waals surface area (Å²) in [5.41, 5.74) is 1.41. The molecule has 0 radical (unpaired) electrons. The summed E-state index contributed by atoms with van der Waals surface area (Å²) in [6.45, 7) is 2.94. The van der Waals surface area contributed by atoms with E-state index in [1.165, 1.54) is 11.3 Å². The molecule has 1 aliphatic rings. The molecule has 1 saturated heterocycles. The average molecular weight is 373 g/mol. The number of ether oxygens (including phenoxy) is 2. The number of benzene rings is 1. The number of aromatic nitrogens is 2. The van der Waals surface area contributed by atoms with Crippen molar-refractivity contribution in [2.24, 2.45) is 0 Å². The van der Waals surface area contributed by atoms with Crippen LogP contribution in [0.25, 0.3) is 10.2 Å². The monoisotopic (exact) mass is 373 g/mol. The van der Waals surface area contributed by atoms with E-state index in [1.54, 1.807) is 25.0 Å². The number of hydrogen-bond acceptors (Lipinski definition) is 7. The molecule has 0 spiro atoms. The van der Waals surface area contributed by atoms with Crippen molar-refractivity contribution >= 4 is 32.6 Å². The summed E-state index contributed by atoms with van der Waals surface area (Å²) in [5, 5.41) is 4.42. The van der Waals surface area contributed by atoms with Crippen LogP contribution < -0.4 is 9.64 Å². The van der Waals surface area contributed by atoms with Crippen LogP contribution in [0.5, 0.6) is 5.75 Å². The Balaban J connectivity index is 1.73. The van der Waals surface area contributed by atoms with Gasteiger partial charge in [0.25, 0.3) is 5.91 Å². The van der Waals surface area contributed by atoms with Gasteiger partial charge in [-0.3, -0.25) is 9.69 Å². The fourth-order valence-electron chi connectivity index (χ4n) is 3.03. The number of methoxy groups -OCH3 is 1. The van der Waals surface area contributed by atoms with Gasteiger partial charge in [0.15, 0.2) is 5.13 Å². The maximum atomic E-state index is 13.0. The lowest BCUT2D eigenvalue weighted by Crippen LogP contribution is -2.37. The van der Waals surface area contributed by atoms with Crippen LogP contribution in [-0.2, 0) is 4.74 Å². The number of nitrogens with zero attached hydrogens (tertiary/aromatic N) is 3. The van der Waals surface area contributed by atoms with Crippen LogP contribution in [0, 0.1) is 6.92 Å². The van der Waals surface area contributed by atoms with Gasteiger partial charge in [0.05, 0.1) is 30.2 Å². The highest BCUT2D eigenvalue weighted by atomic mass is 32.1. The minimum atomic E-state index is -0.265. The van der Waals surface area contributed by atoms with Crippen molar-refractivity contribution < 1.29 is 18.8 Å². The van der Waals surface area contributed by atoms with E-state index in [2.05, 4.69) is 10.1 Å². The molecule has 7 nitrogen and oxygen atoms in total. The highest BCUT2D eigenvalue weighted by molar-refractivity contribution is 7.22. The molecule has 3 aromatic rings. The first-order chi connectivity index (χ1) is 12.7. The van der Waals surface area contributed by atoms with Crippen molar-refractivity contribution in [3.63, 3.8) is 0 Å². The average Bonchev–Trinajstić information content (AvgIpc) is 3.38. The molecule has 4 rings (SSSR count). The molecule has 1 aliphatic heterocycles. The number of carbonyl (C=O) groups excluding carboxylic acids is 1. The predicted octanol–water partition coefficient (Wildman–Crippen LogP) is 3.43. The van der Waals surface area contributed by atoms with Crippen LogP contribution in [0.15, 0.2) is 28.8 Å². The highest BCUT2D eigenvalue weighted by Gasteiger charge is 2.29. The van der Waals surface area contributed by atoms with Crippen molar-refractivity contribution in [1.82, 2.24) is 10.1 Å². The minimum Gasteiger partial charge on any atom is -0.494 e. The van der Waals surface area contributed by atoms with Gasteiger partial charge in [0, 0.05) is 12.7 Å².